The number of aromatic nitrogens is 3. The summed E-state index contributed by atoms with van der Waals surface area (Å²) < 4.78 is 2.40. The molecule has 58 heavy (non-hydrogen) atoms. The zero-order valence-corrected chi connectivity index (χ0v) is 32.4. The summed E-state index contributed by atoms with van der Waals surface area (Å²) in [6.07, 6.45) is 0. The third-order valence-corrected chi connectivity index (χ3v) is 12.0. The van der Waals surface area contributed by atoms with Crippen molar-refractivity contribution in [1.29, 1.82) is 0 Å². The van der Waals surface area contributed by atoms with Crippen LogP contribution in [0.1, 0.15) is 25.0 Å². The molecule has 2 aromatic heterocycles. The maximum atomic E-state index is 5.20. The number of hydrogen-bond acceptors (Lipinski definition) is 2. The van der Waals surface area contributed by atoms with E-state index in [0.29, 0.717) is 5.82 Å². The molecule has 8 aromatic carbocycles. The number of fused-ring (bicyclic) bond motifs is 6. The van der Waals surface area contributed by atoms with Gasteiger partial charge in [-0.1, -0.05) is 166 Å². The predicted octanol–water partition coefficient (Wildman–Crippen LogP) is 14.2. The van der Waals surface area contributed by atoms with Gasteiger partial charge in [0.05, 0.1) is 22.4 Å². The molecule has 0 radical (unpaired) electrons. The number of nitrogens with zero attached hydrogens (tertiary/aromatic N) is 3. The molecule has 11 rings (SSSR count). The van der Waals surface area contributed by atoms with Crippen LogP contribution < -0.4 is 0 Å². The summed E-state index contributed by atoms with van der Waals surface area (Å²) in [5.41, 5.74) is 18.5. The second-order valence-corrected chi connectivity index (χ2v) is 15.8. The number of hydrogen-bond donors (Lipinski definition) is 0. The van der Waals surface area contributed by atoms with Crippen LogP contribution in [-0.4, -0.2) is 14.5 Å². The Bertz CT molecular complexity index is 3100. The smallest absolute Gasteiger partial charge is 0.160 e. The maximum absolute atomic E-state index is 5.20. The SMILES string of the molecule is CC1(C)c2ccccc2-c2cc(-c3ccc4c(c3)c3cc(-c5cc(-c6ccccc6)nc(-c6ccccc6)n5)ccc3n4-c3ccc(-c4ccccc4)cc3)ccc21. The van der Waals surface area contributed by atoms with E-state index in [9.17, 15) is 0 Å². The molecule has 0 unspecified atom stereocenters. The molecule has 274 valence electrons. The molecule has 1 aliphatic carbocycles. The van der Waals surface area contributed by atoms with Gasteiger partial charge in [-0.2, -0.15) is 0 Å². The van der Waals surface area contributed by atoms with Gasteiger partial charge in [-0.3, -0.25) is 0 Å². The molecule has 3 nitrogen and oxygen atoms in total. The van der Waals surface area contributed by atoms with Crippen LogP contribution in [0.15, 0.2) is 200 Å². The standard InChI is InChI=1S/C55H39N3/c1-55(2)48-21-13-12-20-44(48)45-32-40(24-29-49(45)55)41-25-30-52-46(33-41)47-34-42(26-31-53(47)58(52)43-27-22-37(23-28-43)36-14-6-3-7-15-36)51-35-50(38-16-8-4-9-17-38)56-54(57-51)39-18-10-5-11-19-39/h3-35H,1-2H3. The molecule has 10 aromatic rings. The Balaban J connectivity index is 1.11. The molecular weight excluding hydrogens is 703 g/mol. The topological polar surface area (TPSA) is 30.7 Å². The zero-order valence-electron chi connectivity index (χ0n) is 32.4. The lowest BCUT2D eigenvalue weighted by atomic mass is 9.82. The summed E-state index contributed by atoms with van der Waals surface area (Å²) in [6.45, 7) is 4.68. The van der Waals surface area contributed by atoms with Crippen LogP contribution in [0.5, 0.6) is 0 Å². The molecule has 0 amide bonds. The largest absolute Gasteiger partial charge is 0.309 e. The summed E-state index contributed by atoms with van der Waals surface area (Å²) in [5.74, 6) is 0.710. The van der Waals surface area contributed by atoms with Crippen LogP contribution in [0.25, 0.3) is 94.8 Å². The lowest BCUT2D eigenvalue weighted by Gasteiger charge is -2.21. The highest BCUT2D eigenvalue weighted by molar-refractivity contribution is 6.11. The first-order valence-corrected chi connectivity index (χ1v) is 20.0. The van der Waals surface area contributed by atoms with Crippen molar-refractivity contribution in [1.82, 2.24) is 14.5 Å². The van der Waals surface area contributed by atoms with Crippen molar-refractivity contribution in [3.63, 3.8) is 0 Å². The van der Waals surface area contributed by atoms with Crippen molar-refractivity contribution >= 4 is 21.8 Å². The molecule has 0 atom stereocenters. The first-order chi connectivity index (χ1) is 28.5. The van der Waals surface area contributed by atoms with E-state index in [1.807, 2.05) is 24.3 Å². The van der Waals surface area contributed by atoms with E-state index in [1.165, 1.54) is 55.3 Å². The minimum Gasteiger partial charge on any atom is -0.309 e. The van der Waals surface area contributed by atoms with Gasteiger partial charge in [0.1, 0.15) is 0 Å². The monoisotopic (exact) mass is 741 g/mol. The van der Waals surface area contributed by atoms with Crippen molar-refractivity contribution < 1.29 is 0 Å². The Kier molecular flexibility index (Phi) is 7.84. The minimum atomic E-state index is -0.0317. The fourth-order valence-electron chi connectivity index (χ4n) is 9.04. The number of rotatable bonds is 6. The second-order valence-electron chi connectivity index (χ2n) is 15.8. The van der Waals surface area contributed by atoms with Crippen LogP contribution in [-0.2, 0) is 5.41 Å². The quantitative estimate of drug-likeness (QED) is 0.170. The lowest BCUT2D eigenvalue weighted by Crippen LogP contribution is -2.14. The highest BCUT2D eigenvalue weighted by Gasteiger charge is 2.35. The first-order valence-electron chi connectivity index (χ1n) is 20.0. The Morgan fingerprint density at radius 3 is 1.53 bits per heavy atom. The van der Waals surface area contributed by atoms with Crippen molar-refractivity contribution in [3.8, 4) is 73.0 Å². The highest BCUT2D eigenvalue weighted by atomic mass is 15.0. The third-order valence-electron chi connectivity index (χ3n) is 12.0. The lowest BCUT2D eigenvalue weighted by molar-refractivity contribution is 0.660. The Labute approximate surface area is 338 Å². The molecule has 1 aliphatic rings. The normalized spacial score (nSPS) is 12.8. The van der Waals surface area contributed by atoms with E-state index in [-0.39, 0.29) is 5.41 Å². The molecule has 0 saturated heterocycles. The van der Waals surface area contributed by atoms with Crippen molar-refractivity contribution in [2.24, 2.45) is 0 Å². The summed E-state index contributed by atoms with van der Waals surface area (Å²) in [6, 6.07) is 72.0. The number of benzene rings is 8. The average molecular weight is 742 g/mol. The van der Waals surface area contributed by atoms with Gasteiger partial charge in [-0.15, -0.1) is 0 Å². The van der Waals surface area contributed by atoms with Gasteiger partial charge in [-0.25, -0.2) is 9.97 Å². The Morgan fingerprint density at radius 1 is 0.362 bits per heavy atom. The molecule has 3 heteroatoms. The summed E-state index contributed by atoms with van der Waals surface area (Å²) in [5, 5.41) is 2.37. The van der Waals surface area contributed by atoms with Gasteiger partial charge < -0.3 is 4.57 Å². The van der Waals surface area contributed by atoms with E-state index in [1.54, 1.807) is 0 Å². The molecule has 0 saturated carbocycles. The van der Waals surface area contributed by atoms with E-state index in [0.717, 1.165) is 44.8 Å². The maximum Gasteiger partial charge on any atom is 0.160 e. The first kappa shape index (κ1) is 33.9. The van der Waals surface area contributed by atoms with Gasteiger partial charge in [0.25, 0.3) is 0 Å². The van der Waals surface area contributed by atoms with Crippen molar-refractivity contribution in [2.45, 2.75) is 19.3 Å². The molecule has 0 N–H and O–H groups in total. The zero-order chi connectivity index (χ0) is 38.8. The van der Waals surface area contributed by atoms with Crippen LogP contribution >= 0.6 is 0 Å². The van der Waals surface area contributed by atoms with Gasteiger partial charge in [0, 0.05) is 38.6 Å². The molecule has 0 bridgehead atoms. The van der Waals surface area contributed by atoms with Crippen molar-refractivity contribution in [3.05, 3.63) is 211 Å². The second kappa shape index (κ2) is 13.4. The van der Waals surface area contributed by atoms with Crippen LogP contribution in [0.2, 0.25) is 0 Å². The van der Waals surface area contributed by atoms with Gasteiger partial charge in [0.2, 0.25) is 0 Å². The van der Waals surface area contributed by atoms with Crippen LogP contribution in [0.3, 0.4) is 0 Å². The molecular formula is C55H39N3. The average Bonchev–Trinajstić information content (AvgIpc) is 3.74. The fraction of sp³-hybridized carbons (Fsp3) is 0.0545. The fourth-order valence-corrected chi connectivity index (χ4v) is 9.04. The molecule has 0 spiro atoms. The minimum absolute atomic E-state index is 0.0317. The van der Waals surface area contributed by atoms with E-state index in [4.69, 9.17) is 9.97 Å². The summed E-state index contributed by atoms with van der Waals surface area (Å²) in [4.78, 5) is 10.3. The molecule has 0 aliphatic heterocycles. The highest BCUT2D eigenvalue weighted by Crippen LogP contribution is 2.50. The van der Waals surface area contributed by atoms with Crippen LogP contribution in [0.4, 0.5) is 0 Å². The predicted molar refractivity (Wildman–Crippen MR) is 241 cm³/mol. The van der Waals surface area contributed by atoms with Gasteiger partial charge >= 0.3 is 0 Å². The van der Waals surface area contributed by atoms with Gasteiger partial charge in [-0.05, 0) is 93.0 Å². The van der Waals surface area contributed by atoms with E-state index in [2.05, 4.69) is 194 Å². The summed E-state index contributed by atoms with van der Waals surface area (Å²) in [7, 11) is 0. The third kappa shape index (κ3) is 5.58. The Hall–Kier alpha value is -7.36. The molecule has 0 fully saturated rings. The van der Waals surface area contributed by atoms with Crippen molar-refractivity contribution in [2.75, 3.05) is 0 Å². The Morgan fingerprint density at radius 2 is 0.845 bits per heavy atom. The van der Waals surface area contributed by atoms with E-state index >= 15 is 0 Å². The molecule has 2 heterocycles. The van der Waals surface area contributed by atoms with Gasteiger partial charge in [0.15, 0.2) is 5.82 Å². The summed E-state index contributed by atoms with van der Waals surface area (Å²) >= 11 is 0. The van der Waals surface area contributed by atoms with Crippen LogP contribution in [0, 0.1) is 0 Å². The van der Waals surface area contributed by atoms with E-state index < -0.39 is 0 Å².